The summed E-state index contributed by atoms with van der Waals surface area (Å²) in [6.07, 6.45) is -2.50. The third kappa shape index (κ3) is 6.38. The maximum absolute atomic E-state index is 13.9. The van der Waals surface area contributed by atoms with Gasteiger partial charge < -0.3 is 10.2 Å². The molecule has 9 nitrogen and oxygen atoms in total. The van der Waals surface area contributed by atoms with Crippen molar-refractivity contribution in [2.45, 2.75) is 25.6 Å². The van der Waals surface area contributed by atoms with E-state index in [0.717, 1.165) is 21.3 Å². The van der Waals surface area contributed by atoms with Crippen LogP contribution >= 0.6 is 22.6 Å². The van der Waals surface area contributed by atoms with Crippen LogP contribution in [0.4, 0.5) is 18.0 Å². The molecular formula is C28H27F3IN7O2. The quantitative estimate of drug-likeness (QED) is 0.209. The zero-order valence-electron chi connectivity index (χ0n) is 22.5. The highest BCUT2D eigenvalue weighted by molar-refractivity contribution is 14.1. The Morgan fingerprint density at radius 2 is 1.85 bits per heavy atom. The molecule has 0 aliphatic rings. The fourth-order valence-electron chi connectivity index (χ4n) is 4.43. The summed E-state index contributed by atoms with van der Waals surface area (Å²) < 4.78 is 44.7. The Balaban J connectivity index is 1.91. The number of imidazole rings is 1. The number of alkyl halides is 4. The van der Waals surface area contributed by atoms with Crippen molar-refractivity contribution in [3.05, 3.63) is 88.1 Å². The van der Waals surface area contributed by atoms with E-state index >= 15 is 0 Å². The number of aromatic nitrogens is 4. The molecule has 41 heavy (non-hydrogen) atoms. The first-order valence-electron chi connectivity index (χ1n) is 12.5. The number of hydrogen-bond donors (Lipinski definition) is 1. The second-order valence-electron chi connectivity index (χ2n) is 9.62. The minimum Gasteiger partial charge on any atom is -0.334 e. The summed E-state index contributed by atoms with van der Waals surface area (Å²) in [5, 5.41) is 16.4. The molecule has 0 saturated carbocycles. The number of nitriles is 1. The van der Waals surface area contributed by atoms with Gasteiger partial charge in [0.2, 0.25) is 0 Å². The zero-order valence-corrected chi connectivity index (χ0v) is 24.6. The second-order valence-corrected chi connectivity index (χ2v) is 10.5. The summed E-state index contributed by atoms with van der Waals surface area (Å²) in [4.78, 5) is 29.6. The lowest BCUT2D eigenvalue weighted by Crippen LogP contribution is -2.44. The average molecular weight is 677 g/mol. The van der Waals surface area contributed by atoms with Crippen molar-refractivity contribution < 1.29 is 18.0 Å². The van der Waals surface area contributed by atoms with Crippen LogP contribution in [-0.4, -0.2) is 61.0 Å². The molecule has 0 bridgehead atoms. The Labute approximate surface area is 247 Å². The minimum absolute atomic E-state index is 0.0300. The molecule has 2 heterocycles. The molecule has 4 rings (SSSR count). The molecule has 1 unspecified atom stereocenters. The number of carbonyl (C=O) groups excluding carboxylic acids is 1. The maximum Gasteiger partial charge on any atom is 0.416 e. The van der Waals surface area contributed by atoms with Gasteiger partial charge in [0.05, 0.1) is 46.2 Å². The van der Waals surface area contributed by atoms with Gasteiger partial charge in [-0.3, -0.25) is 4.57 Å². The summed E-state index contributed by atoms with van der Waals surface area (Å²) in [5.41, 5.74) is 0.0184. The predicted molar refractivity (Wildman–Crippen MR) is 157 cm³/mol. The normalized spacial score (nSPS) is 12.4. The number of hydrogen-bond acceptors (Lipinski definition) is 5. The molecule has 0 aliphatic carbocycles. The van der Waals surface area contributed by atoms with Crippen LogP contribution in [0, 0.1) is 18.3 Å². The van der Waals surface area contributed by atoms with Gasteiger partial charge in [-0.15, -0.1) is 0 Å². The molecule has 1 atom stereocenters. The lowest BCUT2D eigenvalue weighted by atomic mass is 10.1. The monoisotopic (exact) mass is 677 g/mol. The highest BCUT2D eigenvalue weighted by Crippen LogP contribution is 2.32. The van der Waals surface area contributed by atoms with Crippen molar-refractivity contribution >= 4 is 28.6 Å². The maximum atomic E-state index is 13.9. The van der Waals surface area contributed by atoms with Gasteiger partial charge in [0.15, 0.2) is 0 Å². The van der Waals surface area contributed by atoms with E-state index in [1.807, 2.05) is 25.1 Å². The topological polar surface area (TPSA) is 101 Å². The lowest BCUT2D eigenvalue weighted by molar-refractivity contribution is -0.137. The first kappa shape index (κ1) is 30.1. The van der Waals surface area contributed by atoms with Crippen LogP contribution in [0.3, 0.4) is 0 Å². The Morgan fingerprint density at radius 3 is 2.46 bits per heavy atom. The minimum atomic E-state index is -4.62. The largest absolute Gasteiger partial charge is 0.416 e. The van der Waals surface area contributed by atoms with Crippen LogP contribution < -0.4 is 11.0 Å². The van der Waals surface area contributed by atoms with Crippen LogP contribution in [0.25, 0.3) is 22.8 Å². The third-order valence-corrected chi connectivity index (χ3v) is 7.55. The highest BCUT2D eigenvalue weighted by atomic mass is 127. The van der Waals surface area contributed by atoms with Gasteiger partial charge in [-0.1, -0.05) is 28.7 Å². The summed E-state index contributed by atoms with van der Waals surface area (Å²) in [6.45, 7) is 2.27. The van der Waals surface area contributed by atoms with Gasteiger partial charge >= 0.3 is 17.9 Å². The molecule has 4 aromatic rings. The summed E-state index contributed by atoms with van der Waals surface area (Å²) in [6, 6.07) is 13.7. The van der Waals surface area contributed by atoms with Gasteiger partial charge in [-0.25, -0.2) is 18.8 Å². The standard InChI is InChI=1S/C28H27F3IN7O2/c1-18-25(24-11-13-34-39(24)22-9-7-19(17-33)8-10-22)38(26(40)35-21(16-32)12-14-36(2)3)27(41)37(18)23-6-4-5-20(15-23)28(29,30)31/h4-11,13,15,21H,12,14,16H2,1-3H3,(H,35,40). The number of rotatable bonds is 8. The van der Waals surface area contributed by atoms with E-state index in [0.29, 0.717) is 34.3 Å². The predicted octanol–water partition coefficient (Wildman–Crippen LogP) is 5.00. The summed E-state index contributed by atoms with van der Waals surface area (Å²) >= 11 is 2.16. The van der Waals surface area contributed by atoms with Crippen molar-refractivity contribution in [2.75, 3.05) is 25.1 Å². The van der Waals surface area contributed by atoms with E-state index in [1.54, 1.807) is 37.3 Å². The van der Waals surface area contributed by atoms with Gasteiger partial charge in [-0.2, -0.15) is 23.5 Å². The first-order valence-corrected chi connectivity index (χ1v) is 14.1. The second kappa shape index (κ2) is 12.3. The molecule has 0 spiro atoms. The van der Waals surface area contributed by atoms with Gasteiger partial charge in [-0.05, 0) is 82.5 Å². The molecule has 1 amide bonds. The third-order valence-electron chi connectivity index (χ3n) is 6.48. The van der Waals surface area contributed by atoms with E-state index in [1.165, 1.54) is 23.0 Å². The molecule has 0 saturated heterocycles. The van der Waals surface area contributed by atoms with E-state index in [9.17, 15) is 22.8 Å². The SMILES string of the molecule is Cc1c(-c2ccnn2-c2ccc(C#N)cc2)n(C(=O)NC(CI)CCN(C)C)c(=O)n1-c1cccc(C(F)(F)F)c1. The number of benzene rings is 2. The fourth-order valence-corrected chi connectivity index (χ4v) is 5.09. The van der Waals surface area contributed by atoms with Gasteiger partial charge in [0, 0.05) is 10.5 Å². The molecule has 1 N–H and O–H groups in total. The summed E-state index contributed by atoms with van der Waals surface area (Å²) in [7, 11) is 3.83. The molecule has 13 heteroatoms. The van der Waals surface area contributed by atoms with E-state index in [4.69, 9.17) is 5.26 Å². The summed E-state index contributed by atoms with van der Waals surface area (Å²) in [5.74, 6) is 0. The van der Waals surface area contributed by atoms with Crippen molar-refractivity contribution in [1.29, 1.82) is 5.26 Å². The number of nitrogens with zero attached hydrogens (tertiary/aromatic N) is 6. The molecule has 0 radical (unpaired) electrons. The zero-order chi connectivity index (χ0) is 29.9. The van der Waals surface area contributed by atoms with Crippen molar-refractivity contribution in [3.8, 4) is 28.8 Å². The smallest absolute Gasteiger partial charge is 0.334 e. The van der Waals surface area contributed by atoms with Gasteiger partial charge in [0.25, 0.3) is 0 Å². The highest BCUT2D eigenvalue weighted by Gasteiger charge is 2.32. The van der Waals surface area contributed by atoms with Gasteiger partial charge in [0.1, 0.15) is 5.69 Å². The fraction of sp³-hybridized carbons (Fsp3) is 0.286. The van der Waals surface area contributed by atoms with E-state index in [2.05, 4.69) is 33.0 Å². The number of amides is 1. The van der Waals surface area contributed by atoms with Crippen LogP contribution in [0.2, 0.25) is 0 Å². The first-order chi connectivity index (χ1) is 19.5. The molecule has 2 aromatic carbocycles. The number of nitrogens with one attached hydrogen (secondary N) is 1. The van der Waals surface area contributed by atoms with Crippen molar-refractivity contribution in [1.82, 2.24) is 29.1 Å². The van der Waals surface area contributed by atoms with Crippen molar-refractivity contribution in [3.63, 3.8) is 0 Å². The number of halogens is 4. The molecule has 2 aromatic heterocycles. The molecule has 0 aliphatic heterocycles. The van der Waals surface area contributed by atoms with E-state index in [-0.39, 0.29) is 23.1 Å². The Kier molecular flexibility index (Phi) is 9.03. The Hall–Kier alpha value is -3.90. The average Bonchev–Trinajstić information content (AvgIpc) is 3.52. The van der Waals surface area contributed by atoms with Crippen LogP contribution in [0.15, 0.2) is 65.6 Å². The van der Waals surface area contributed by atoms with Crippen molar-refractivity contribution in [2.24, 2.45) is 0 Å². The number of carbonyl (C=O) groups is 1. The Bertz CT molecular complexity index is 1650. The molecular weight excluding hydrogens is 650 g/mol. The van der Waals surface area contributed by atoms with Crippen LogP contribution in [0.1, 0.15) is 23.2 Å². The molecule has 0 fully saturated rings. The van der Waals surface area contributed by atoms with Crippen LogP contribution in [-0.2, 0) is 6.18 Å². The Morgan fingerprint density at radius 1 is 1.15 bits per heavy atom. The molecule has 214 valence electrons. The lowest BCUT2D eigenvalue weighted by Gasteiger charge is -2.19. The van der Waals surface area contributed by atoms with E-state index < -0.39 is 23.5 Å². The van der Waals surface area contributed by atoms with Crippen LogP contribution in [0.5, 0.6) is 0 Å².